The monoisotopic (exact) mass is 301 g/mol. The molecule has 0 saturated heterocycles. The number of rotatable bonds is 3. The number of aromatic nitrogens is 2. The molecule has 0 N–H and O–H groups in total. The lowest BCUT2D eigenvalue weighted by molar-refractivity contribution is 0.0526. The van der Waals surface area contributed by atoms with Gasteiger partial charge in [0.2, 0.25) is 5.01 Å². The lowest BCUT2D eigenvalue weighted by atomic mass is 10.0. The summed E-state index contributed by atoms with van der Waals surface area (Å²) in [4.78, 5) is 36.2. The van der Waals surface area contributed by atoms with Crippen molar-refractivity contribution in [1.82, 2.24) is 9.97 Å². The van der Waals surface area contributed by atoms with Gasteiger partial charge in [0, 0.05) is 29.8 Å². The van der Waals surface area contributed by atoms with Crippen molar-refractivity contribution in [2.75, 3.05) is 6.61 Å². The van der Waals surface area contributed by atoms with Gasteiger partial charge in [0.05, 0.1) is 6.61 Å². The average molecular weight is 301 g/mol. The number of fused-ring (bicyclic) bond motifs is 1. The largest absolute Gasteiger partial charge is 0.461 e. The minimum absolute atomic E-state index is 0.00416. The van der Waals surface area contributed by atoms with Gasteiger partial charge in [-0.1, -0.05) is 0 Å². The Hall–Kier alpha value is -2.41. The molecule has 2 aromatic rings. The number of ether oxygens (including phenoxy) is 1. The molecule has 3 heterocycles. The van der Waals surface area contributed by atoms with Gasteiger partial charge in [-0.15, -0.1) is 11.3 Å². The van der Waals surface area contributed by atoms with Gasteiger partial charge < -0.3 is 4.74 Å². The number of ketones is 1. The van der Waals surface area contributed by atoms with Crippen LogP contribution in [0, 0.1) is 0 Å². The molecular formula is C14H11N3O3S. The van der Waals surface area contributed by atoms with E-state index >= 15 is 0 Å². The summed E-state index contributed by atoms with van der Waals surface area (Å²) >= 11 is 1.18. The summed E-state index contributed by atoms with van der Waals surface area (Å²) in [5, 5.41) is 1.97. The minimum Gasteiger partial charge on any atom is -0.461 e. The summed E-state index contributed by atoms with van der Waals surface area (Å²) in [5.74, 6) is -0.456. The number of carbonyl (C=O) groups is 2. The van der Waals surface area contributed by atoms with Gasteiger partial charge in [-0.2, -0.15) is 0 Å². The van der Waals surface area contributed by atoms with E-state index in [1.165, 1.54) is 11.3 Å². The van der Waals surface area contributed by atoms with Gasteiger partial charge in [0.1, 0.15) is 17.1 Å². The number of carbonyl (C=O) groups excluding carboxylic acids is 2. The lowest BCUT2D eigenvalue weighted by Gasteiger charge is -2.10. The molecule has 3 rings (SSSR count). The molecule has 1 aliphatic rings. The normalized spacial score (nSPS) is 13.1. The van der Waals surface area contributed by atoms with E-state index in [0.29, 0.717) is 35.7 Å². The van der Waals surface area contributed by atoms with Crippen molar-refractivity contribution in [3.63, 3.8) is 0 Å². The van der Waals surface area contributed by atoms with E-state index in [4.69, 9.17) is 4.74 Å². The molecule has 0 spiro atoms. The van der Waals surface area contributed by atoms with Crippen molar-refractivity contribution in [2.45, 2.75) is 13.3 Å². The second-order valence-corrected chi connectivity index (χ2v) is 5.11. The van der Waals surface area contributed by atoms with E-state index in [9.17, 15) is 9.59 Å². The molecule has 0 aliphatic carbocycles. The van der Waals surface area contributed by atoms with Gasteiger partial charge in [-0.05, 0) is 13.0 Å². The second kappa shape index (κ2) is 5.53. The Kier molecular flexibility index (Phi) is 3.57. The van der Waals surface area contributed by atoms with Crippen LogP contribution in [0.4, 0.5) is 5.69 Å². The Morgan fingerprint density at radius 1 is 1.48 bits per heavy atom. The van der Waals surface area contributed by atoms with Crippen LogP contribution in [0.1, 0.15) is 33.5 Å². The van der Waals surface area contributed by atoms with Crippen molar-refractivity contribution >= 4 is 35.0 Å². The van der Waals surface area contributed by atoms with Crippen molar-refractivity contribution in [3.05, 3.63) is 28.2 Å². The summed E-state index contributed by atoms with van der Waals surface area (Å²) in [7, 11) is 0. The maximum absolute atomic E-state index is 11.9. The van der Waals surface area contributed by atoms with Crippen LogP contribution in [-0.2, 0) is 4.74 Å². The number of aliphatic imine (C=N–C) groups is 1. The van der Waals surface area contributed by atoms with E-state index in [0.717, 1.165) is 0 Å². The van der Waals surface area contributed by atoms with Crippen molar-refractivity contribution in [2.24, 2.45) is 4.99 Å². The Labute approximate surface area is 124 Å². The third-order valence-corrected chi connectivity index (χ3v) is 3.74. The highest BCUT2D eigenvalue weighted by Crippen LogP contribution is 2.34. The lowest BCUT2D eigenvalue weighted by Crippen LogP contribution is -2.06. The van der Waals surface area contributed by atoms with Crippen molar-refractivity contribution in [1.29, 1.82) is 0 Å². The summed E-state index contributed by atoms with van der Waals surface area (Å²) < 4.78 is 4.91. The number of pyridine rings is 1. The number of hydrogen-bond donors (Lipinski definition) is 0. The third kappa shape index (κ3) is 2.47. The first-order valence-corrected chi connectivity index (χ1v) is 7.26. The smallest absolute Gasteiger partial charge is 0.367 e. The van der Waals surface area contributed by atoms with Crippen LogP contribution < -0.4 is 0 Å². The fraction of sp³-hybridized carbons (Fsp3) is 0.214. The molecule has 0 saturated carbocycles. The maximum atomic E-state index is 11.9. The van der Waals surface area contributed by atoms with Crippen molar-refractivity contribution in [3.8, 4) is 11.4 Å². The number of nitrogens with zero attached hydrogens (tertiary/aromatic N) is 3. The summed E-state index contributed by atoms with van der Waals surface area (Å²) in [6.45, 7) is 2.04. The molecule has 6 nitrogen and oxygen atoms in total. The molecule has 0 radical (unpaired) electrons. The molecule has 2 aromatic heterocycles. The fourth-order valence-corrected chi connectivity index (χ4v) is 2.69. The zero-order valence-corrected chi connectivity index (χ0v) is 12.0. The van der Waals surface area contributed by atoms with Gasteiger partial charge in [0.15, 0.2) is 5.78 Å². The van der Waals surface area contributed by atoms with E-state index in [-0.39, 0.29) is 10.8 Å². The highest BCUT2D eigenvalue weighted by Gasteiger charge is 2.21. The van der Waals surface area contributed by atoms with Crippen LogP contribution in [0.15, 0.2) is 22.6 Å². The van der Waals surface area contributed by atoms with Crippen molar-refractivity contribution < 1.29 is 14.3 Å². The van der Waals surface area contributed by atoms with Gasteiger partial charge in [0.25, 0.3) is 0 Å². The summed E-state index contributed by atoms with van der Waals surface area (Å²) in [6.07, 6.45) is 3.41. The highest BCUT2D eigenvalue weighted by atomic mass is 32.1. The topological polar surface area (TPSA) is 81.5 Å². The minimum atomic E-state index is -0.460. The highest BCUT2D eigenvalue weighted by molar-refractivity contribution is 7.11. The Morgan fingerprint density at radius 2 is 2.33 bits per heavy atom. The Balaban J connectivity index is 2.03. The van der Waals surface area contributed by atoms with Crippen LogP contribution in [0.5, 0.6) is 0 Å². The SMILES string of the molecule is CCOC(=O)c1nc(-c2nccc3c2N=CCC3=O)cs1. The summed E-state index contributed by atoms with van der Waals surface area (Å²) in [5.41, 5.74) is 2.07. The molecule has 0 aromatic carbocycles. The first kappa shape index (κ1) is 13.6. The molecule has 106 valence electrons. The maximum Gasteiger partial charge on any atom is 0.367 e. The van der Waals surface area contributed by atoms with Gasteiger partial charge in [-0.25, -0.2) is 9.78 Å². The van der Waals surface area contributed by atoms with Gasteiger partial charge in [-0.3, -0.25) is 14.8 Å². The van der Waals surface area contributed by atoms with Crippen LogP contribution in [0.2, 0.25) is 0 Å². The number of esters is 1. The first-order valence-electron chi connectivity index (χ1n) is 6.38. The van der Waals surface area contributed by atoms with Crippen LogP contribution in [0.25, 0.3) is 11.4 Å². The van der Waals surface area contributed by atoms with E-state index < -0.39 is 5.97 Å². The van der Waals surface area contributed by atoms with Crippen LogP contribution in [0.3, 0.4) is 0 Å². The Bertz CT molecular complexity index is 752. The van der Waals surface area contributed by atoms with Gasteiger partial charge >= 0.3 is 5.97 Å². The Morgan fingerprint density at radius 3 is 3.14 bits per heavy atom. The summed E-state index contributed by atoms with van der Waals surface area (Å²) in [6, 6.07) is 1.65. The molecule has 0 amide bonds. The molecule has 0 atom stereocenters. The predicted octanol–water partition coefficient (Wildman–Crippen LogP) is 2.67. The fourth-order valence-electron chi connectivity index (χ4n) is 2.00. The molecular weight excluding hydrogens is 290 g/mol. The van der Waals surface area contributed by atoms with E-state index in [1.54, 1.807) is 30.8 Å². The number of Topliss-reactive ketones (excluding diaryl/α,β-unsaturated/α-hetero) is 1. The van der Waals surface area contributed by atoms with E-state index in [2.05, 4.69) is 15.0 Å². The molecule has 0 unspecified atom stereocenters. The zero-order valence-electron chi connectivity index (χ0n) is 11.2. The zero-order chi connectivity index (χ0) is 14.8. The van der Waals surface area contributed by atoms with Crippen LogP contribution in [-0.4, -0.2) is 34.5 Å². The number of thiazole rings is 1. The average Bonchev–Trinajstić information content (AvgIpc) is 2.97. The third-order valence-electron chi connectivity index (χ3n) is 2.92. The molecule has 21 heavy (non-hydrogen) atoms. The second-order valence-electron chi connectivity index (χ2n) is 4.25. The van der Waals surface area contributed by atoms with Crippen LogP contribution >= 0.6 is 11.3 Å². The first-order chi connectivity index (χ1) is 10.2. The molecule has 0 bridgehead atoms. The van der Waals surface area contributed by atoms with E-state index in [1.807, 2.05) is 0 Å². The standard InChI is InChI=1S/C14H11N3O3S/c1-2-20-14(19)13-17-9(7-21-13)12-11-8(3-5-16-12)10(18)4-6-15-11/h3,5-7H,2,4H2,1H3. The predicted molar refractivity (Wildman–Crippen MR) is 78.4 cm³/mol. The molecule has 0 fully saturated rings. The number of hydrogen-bond acceptors (Lipinski definition) is 7. The molecule has 1 aliphatic heterocycles. The quantitative estimate of drug-likeness (QED) is 0.814. The molecule has 7 heteroatoms.